The largest absolute Gasteiger partial charge is 0.381 e. The number of aromatic nitrogens is 2. The van der Waals surface area contributed by atoms with E-state index in [9.17, 15) is 0 Å². The average molecular weight is 534 g/mol. The van der Waals surface area contributed by atoms with Crippen molar-refractivity contribution in [1.82, 2.24) is 20.4 Å². The first-order valence-electron chi connectivity index (χ1n) is 9.89. The molecule has 9 heteroatoms. The zero-order chi connectivity index (χ0) is 19.8. The molecule has 1 aliphatic rings. The zero-order valence-corrected chi connectivity index (χ0v) is 20.0. The normalized spacial score (nSPS) is 16.7. The highest BCUT2D eigenvalue weighted by Crippen LogP contribution is 2.19. The molecule has 0 bridgehead atoms. The lowest BCUT2D eigenvalue weighted by Crippen LogP contribution is -2.40. The van der Waals surface area contributed by atoms with E-state index in [2.05, 4.69) is 27.3 Å². The Bertz CT molecular complexity index is 768. The Morgan fingerprint density at radius 3 is 2.86 bits per heavy atom. The standard InChI is InChI=1S/C20H28ClN5O2.HI/c1-3-22-20(26-12-10-15(13-26)14-27-4-2)23-11-9-18-24-19(25-28-18)16-5-7-17(21)8-6-16;/h5-8,15H,3-4,9-14H2,1-2H3,(H,22,23);1H. The van der Waals surface area contributed by atoms with Crippen LogP contribution in [0.2, 0.25) is 5.02 Å². The van der Waals surface area contributed by atoms with Gasteiger partial charge in [0.25, 0.3) is 0 Å². The van der Waals surface area contributed by atoms with Gasteiger partial charge in [-0.05, 0) is 44.5 Å². The van der Waals surface area contributed by atoms with Crippen molar-refractivity contribution >= 4 is 41.5 Å². The molecule has 2 aromatic rings. The van der Waals surface area contributed by atoms with Gasteiger partial charge in [-0.1, -0.05) is 16.8 Å². The number of ether oxygens (including phenoxy) is 1. The molecule has 3 rings (SSSR count). The highest BCUT2D eigenvalue weighted by molar-refractivity contribution is 14.0. The first kappa shape index (κ1) is 23.9. The number of likely N-dealkylation sites (tertiary alicyclic amines) is 1. The molecule has 0 saturated carbocycles. The lowest BCUT2D eigenvalue weighted by molar-refractivity contribution is 0.114. The molecule has 7 nitrogen and oxygen atoms in total. The van der Waals surface area contributed by atoms with E-state index < -0.39 is 0 Å². The number of hydrogen-bond donors (Lipinski definition) is 1. The van der Waals surface area contributed by atoms with Crippen LogP contribution in [0.25, 0.3) is 11.4 Å². The maximum absolute atomic E-state index is 5.92. The monoisotopic (exact) mass is 533 g/mol. The number of aliphatic imine (C=N–C) groups is 1. The van der Waals surface area contributed by atoms with Crippen LogP contribution in [-0.2, 0) is 11.2 Å². The summed E-state index contributed by atoms with van der Waals surface area (Å²) in [5.41, 5.74) is 0.883. The number of halogens is 2. The Balaban J connectivity index is 0.00000300. The van der Waals surface area contributed by atoms with Crippen LogP contribution in [0.1, 0.15) is 26.2 Å². The topological polar surface area (TPSA) is 75.8 Å². The molecule has 2 heterocycles. The summed E-state index contributed by atoms with van der Waals surface area (Å²) >= 11 is 5.92. The number of nitrogens with one attached hydrogen (secondary N) is 1. The van der Waals surface area contributed by atoms with Gasteiger partial charge < -0.3 is 19.5 Å². The van der Waals surface area contributed by atoms with Crippen LogP contribution in [0.5, 0.6) is 0 Å². The van der Waals surface area contributed by atoms with Crippen LogP contribution >= 0.6 is 35.6 Å². The summed E-state index contributed by atoms with van der Waals surface area (Å²) in [6.45, 7) is 9.13. The maximum Gasteiger partial charge on any atom is 0.228 e. The van der Waals surface area contributed by atoms with Crippen LogP contribution in [0, 0.1) is 5.92 Å². The molecule has 1 N–H and O–H groups in total. The van der Waals surface area contributed by atoms with Gasteiger partial charge in [0, 0.05) is 49.2 Å². The smallest absolute Gasteiger partial charge is 0.228 e. The number of benzene rings is 1. The van der Waals surface area contributed by atoms with Gasteiger partial charge in [-0.2, -0.15) is 4.98 Å². The van der Waals surface area contributed by atoms with Crippen LogP contribution in [-0.4, -0.2) is 60.4 Å². The molecule has 1 unspecified atom stereocenters. The minimum absolute atomic E-state index is 0. The molecule has 0 radical (unpaired) electrons. The average Bonchev–Trinajstić information content (AvgIpc) is 3.36. The van der Waals surface area contributed by atoms with E-state index in [1.165, 1.54) is 0 Å². The van der Waals surface area contributed by atoms with Crippen LogP contribution < -0.4 is 5.32 Å². The molecular formula is C20H29ClIN5O2. The van der Waals surface area contributed by atoms with Crippen LogP contribution in [0.3, 0.4) is 0 Å². The molecule has 1 aromatic heterocycles. The van der Waals surface area contributed by atoms with E-state index in [0.29, 0.717) is 35.6 Å². The summed E-state index contributed by atoms with van der Waals surface area (Å²) in [4.78, 5) is 11.5. The van der Waals surface area contributed by atoms with Gasteiger partial charge in [0.2, 0.25) is 11.7 Å². The van der Waals surface area contributed by atoms with Gasteiger partial charge in [0.05, 0.1) is 13.2 Å². The quantitative estimate of drug-likeness (QED) is 0.315. The number of guanidine groups is 1. The third kappa shape index (κ3) is 7.11. The van der Waals surface area contributed by atoms with Crippen molar-refractivity contribution in [1.29, 1.82) is 0 Å². The summed E-state index contributed by atoms with van der Waals surface area (Å²) in [6.07, 6.45) is 1.74. The van der Waals surface area contributed by atoms with Crippen molar-refractivity contribution in [2.24, 2.45) is 10.9 Å². The van der Waals surface area contributed by atoms with E-state index in [1.54, 1.807) is 0 Å². The SMILES string of the molecule is CCNC(=NCCc1nc(-c2ccc(Cl)cc2)no1)N1CCC(COCC)C1.I. The summed E-state index contributed by atoms with van der Waals surface area (Å²) < 4.78 is 10.9. The van der Waals surface area contributed by atoms with Crippen LogP contribution in [0.4, 0.5) is 0 Å². The third-order valence-electron chi connectivity index (χ3n) is 4.64. The lowest BCUT2D eigenvalue weighted by Gasteiger charge is -2.21. The Morgan fingerprint density at radius 2 is 2.14 bits per heavy atom. The Hall–Kier alpha value is -1.39. The molecular weight excluding hydrogens is 505 g/mol. The van der Waals surface area contributed by atoms with Gasteiger partial charge in [0.1, 0.15) is 0 Å². The van der Waals surface area contributed by atoms with Gasteiger partial charge in [-0.25, -0.2) is 0 Å². The van der Waals surface area contributed by atoms with Crippen molar-refractivity contribution < 1.29 is 9.26 Å². The van der Waals surface area contributed by atoms with Crippen molar-refractivity contribution in [3.8, 4) is 11.4 Å². The molecule has 1 saturated heterocycles. The van der Waals surface area contributed by atoms with E-state index in [4.69, 9.17) is 25.9 Å². The van der Waals surface area contributed by atoms with Crippen molar-refractivity contribution in [2.45, 2.75) is 26.7 Å². The predicted molar refractivity (Wildman–Crippen MR) is 126 cm³/mol. The van der Waals surface area contributed by atoms with Crippen molar-refractivity contribution in [3.05, 3.63) is 35.2 Å². The van der Waals surface area contributed by atoms with E-state index in [1.807, 2.05) is 31.2 Å². The number of nitrogens with zero attached hydrogens (tertiary/aromatic N) is 4. The molecule has 160 valence electrons. The van der Waals surface area contributed by atoms with Crippen molar-refractivity contribution in [3.63, 3.8) is 0 Å². The third-order valence-corrected chi connectivity index (χ3v) is 4.89. The molecule has 0 spiro atoms. The van der Waals surface area contributed by atoms with Gasteiger partial charge in [-0.3, -0.25) is 4.99 Å². The zero-order valence-electron chi connectivity index (χ0n) is 16.9. The minimum atomic E-state index is 0. The summed E-state index contributed by atoms with van der Waals surface area (Å²) in [5.74, 6) is 2.67. The van der Waals surface area contributed by atoms with Gasteiger partial charge >= 0.3 is 0 Å². The molecule has 29 heavy (non-hydrogen) atoms. The Kier molecular flexibility index (Phi) is 10.2. The Morgan fingerprint density at radius 1 is 1.34 bits per heavy atom. The van der Waals surface area contributed by atoms with E-state index >= 15 is 0 Å². The van der Waals surface area contributed by atoms with Crippen molar-refractivity contribution in [2.75, 3.05) is 39.4 Å². The van der Waals surface area contributed by atoms with Gasteiger partial charge in [0.15, 0.2) is 5.96 Å². The van der Waals surface area contributed by atoms with E-state index in [0.717, 1.165) is 50.8 Å². The number of rotatable bonds is 8. The molecule has 1 atom stereocenters. The summed E-state index contributed by atoms with van der Waals surface area (Å²) in [7, 11) is 0. The summed E-state index contributed by atoms with van der Waals surface area (Å²) in [5, 5.41) is 8.11. The highest BCUT2D eigenvalue weighted by atomic mass is 127. The second kappa shape index (κ2) is 12.3. The number of hydrogen-bond acceptors (Lipinski definition) is 5. The molecule has 0 amide bonds. The second-order valence-corrected chi connectivity index (χ2v) is 7.20. The maximum atomic E-state index is 5.92. The van der Waals surface area contributed by atoms with Crippen LogP contribution in [0.15, 0.2) is 33.8 Å². The molecule has 1 fully saturated rings. The van der Waals surface area contributed by atoms with Gasteiger partial charge in [-0.15, -0.1) is 24.0 Å². The Labute approximate surface area is 194 Å². The molecule has 1 aliphatic heterocycles. The first-order chi connectivity index (χ1) is 13.7. The van der Waals surface area contributed by atoms with E-state index in [-0.39, 0.29) is 24.0 Å². The second-order valence-electron chi connectivity index (χ2n) is 6.76. The predicted octanol–water partition coefficient (Wildman–Crippen LogP) is 3.87. The lowest BCUT2D eigenvalue weighted by atomic mass is 10.1. The minimum Gasteiger partial charge on any atom is -0.381 e. The molecule has 1 aromatic carbocycles. The fraction of sp³-hybridized carbons (Fsp3) is 0.550. The summed E-state index contributed by atoms with van der Waals surface area (Å²) in [6, 6.07) is 7.39. The first-order valence-corrected chi connectivity index (χ1v) is 10.3. The fourth-order valence-corrected chi connectivity index (χ4v) is 3.33. The fourth-order valence-electron chi connectivity index (χ4n) is 3.20. The molecule has 0 aliphatic carbocycles. The highest BCUT2D eigenvalue weighted by Gasteiger charge is 2.24.